The van der Waals surface area contributed by atoms with E-state index in [-0.39, 0.29) is 18.3 Å². The van der Waals surface area contributed by atoms with E-state index in [0.717, 1.165) is 37.1 Å². The Morgan fingerprint density at radius 2 is 2.05 bits per heavy atom. The monoisotopic (exact) mass is 301 g/mol. The van der Waals surface area contributed by atoms with E-state index < -0.39 is 0 Å². The average molecular weight is 301 g/mol. The van der Waals surface area contributed by atoms with Gasteiger partial charge in [-0.05, 0) is 42.7 Å². The van der Waals surface area contributed by atoms with Gasteiger partial charge in [0, 0.05) is 37.2 Å². The Balaban J connectivity index is 1.73. The predicted molar refractivity (Wildman–Crippen MR) is 84.0 cm³/mol. The maximum Gasteiger partial charge on any atom is 0.254 e. The molecule has 1 fully saturated rings. The van der Waals surface area contributed by atoms with Gasteiger partial charge in [0.25, 0.3) is 5.91 Å². The number of aliphatic hydroxyl groups excluding tert-OH is 1. The Bertz CT molecular complexity index is 588. The molecule has 0 aromatic heterocycles. The Morgan fingerprint density at radius 1 is 1.32 bits per heavy atom. The van der Waals surface area contributed by atoms with E-state index in [2.05, 4.69) is 6.92 Å². The van der Waals surface area contributed by atoms with Crippen LogP contribution in [0, 0.1) is 11.8 Å². The van der Waals surface area contributed by atoms with Crippen molar-refractivity contribution < 1.29 is 14.7 Å². The summed E-state index contributed by atoms with van der Waals surface area (Å²) in [4.78, 5) is 26.5. The zero-order valence-electron chi connectivity index (χ0n) is 13.0. The van der Waals surface area contributed by atoms with Gasteiger partial charge < -0.3 is 10.0 Å². The Hall–Kier alpha value is -1.68. The summed E-state index contributed by atoms with van der Waals surface area (Å²) in [6.07, 6.45) is 3.10. The molecule has 1 aliphatic heterocycles. The number of fused-ring (bicyclic) bond motifs is 1. The number of amides is 1. The maximum atomic E-state index is 12.8. The maximum absolute atomic E-state index is 12.8. The SMILES string of the molecule is C[C@@H](CO)C1CCN(C(=O)c2cccc3c2CCC3=O)CC1. The van der Waals surface area contributed by atoms with Crippen molar-refractivity contribution in [1.82, 2.24) is 4.90 Å². The van der Waals surface area contributed by atoms with E-state index in [9.17, 15) is 14.7 Å². The molecule has 1 N–H and O–H groups in total. The summed E-state index contributed by atoms with van der Waals surface area (Å²) in [6, 6.07) is 5.49. The van der Waals surface area contributed by atoms with Gasteiger partial charge in [0.05, 0.1) is 0 Å². The number of rotatable bonds is 3. The number of benzene rings is 1. The van der Waals surface area contributed by atoms with Crippen LogP contribution in [-0.2, 0) is 6.42 Å². The number of hydrogen-bond acceptors (Lipinski definition) is 3. The molecular formula is C18H23NO3. The molecule has 22 heavy (non-hydrogen) atoms. The average Bonchev–Trinajstić information content (AvgIpc) is 2.95. The number of carbonyl (C=O) groups excluding carboxylic acids is 2. The van der Waals surface area contributed by atoms with Gasteiger partial charge in [-0.1, -0.05) is 19.1 Å². The molecule has 1 atom stereocenters. The predicted octanol–water partition coefficient (Wildman–Crippen LogP) is 2.30. The van der Waals surface area contributed by atoms with Gasteiger partial charge in [0.2, 0.25) is 0 Å². The fraction of sp³-hybridized carbons (Fsp3) is 0.556. The molecule has 1 heterocycles. The summed E-state index contributed by atoms with van der Waals surface area (Å²) in [7, 11) is 0. The van der Waals surface area contributed by atoms with Crippen LogP contribution in [0.4, 0.5) is 0 Å². The van der Waals surface area contributed by atoms with Gasteiger partial charge in [0.15, 0.2) is 5.78 Å². The highest BCUT2D eigenvalue weighted by Gasteiger charge is 2.30. The molecule has 1 aromatic rings. The number of hydrogen-bond donors (Lipinski definition) is 1. The molecule has 0 bridgehead atoms. The molecule has 118 valence electrons. The van der Waals surface area contributed by atoms with E-state index in [1.165, 1.54) is 0 Å². The van der Waals surface area contributed by atoms with Crippen molar-refractivity contribution in [2.45, 2.75) is 32.6 Å². The highest BCUT2D eigenvalue weighted by molar-refractivity contribution is 6.05. The Kier molecular flexibility index (Phi) is 4.30. The number of aliphatic hydroxyl groups is 1. The molecule has 0 saturated carbocycles. The minimum Gasteiger partial charge on any atom is -0.396 e. The van der Waals surface area contributed by atoms with Gasteiger partial charge in [0.1, 0.15) is 0 Å². The van der Waals surface area contributed by atoms with E-state index in [1.54, 1.807) is 0 Å². The lowest BCUT2D eigenvalue weighted by Crippen LogP contribution is -2.40. The van der Waals surface area contributed by atoms with Crippen molar-refractivity contribution in [2.75, 3.05) is 19.7 Å². The van der Waals surface area contributed by atoms with Crippen molar-refractivity contribution in [3.05, 3.63) is 34.9 Å². The first-order valence-corrected chi connectivity index (χ1v) is 8.17. The summed E-state index contributed by atoms with van der Waals surface area (Å²) >= 11 is 0. The molecule has 1 amide bonds. The van der Waals surface area contributed by atoms with Crippen molar-refractivity contribution >= 4 is 11.7 Å². The molecule has 0 spiro atoms. The highest BCUT2D eigenvalue weighted by Crippen LogP contribution is 2.29. The second-order valence-electron chi connectivity index (χ2n) is 6.54. The van der Waals surface area contributed by atoms with E-state index >= 15 is 0 Å². The smallest absolute Gasteiger partial charge is 0.254 e. The van der Waals surface area contributed by atoms with E-state index in [4.69, 9.17) is 0 Å². The van der Waals surface area contributed by atoms with Crippen molar-refractivity contribution in [3.8, 4) is 0 Å². The van der Waals surface area contributed by atoms with Crippen LogP contribution in [0.25, 0.3) is 0 Å². The first-order chi connectivity index (χ1) is 10.6. The van der Waals surface area contributed by atoms with E-state index in [1.807, 2.05) is 23.1 Å². The number of carbonyl (C=O) groups is 2. The fourth-order valence-electron chi connectivity index (χ4n) is 3.68. The van der Waals surface area contributed by atoms with Crippen LogP contribution >= 0.6 is 0 Å². The lowest BCUT2D eigenvalue weighted by Gasteiger charge is -2.34. The zero-order valence-corrected chi connectivity index (χ0v) is 13.0. The molecule has 0 radical (unpaired) electrons. The standard InChI is InChI=1S/C18H23NO3/c1-12(11-20)13-7-9-19(10-8-13)18(22)16-4-2-3-15-14(16)5-6-17(15)21/h2-4,12-13,20H,5-11H2,1H3/t12-/m0/s1. The van der Waals surface area contributed by atoms with Crippen LogP contribution in [0.3, 0.4) is 0 Å². The van der Waals surface area contributed by atoms with Gasteiger partial charge >= 0.3 is 0 Å². The van der Waals surface area contributed by atoms with Crippen molar-refractivity contribution in [1.29, 1.82) is 0 Å². The summed E-state index contributed by atoms with van der Waals surface area (Å²) in [5.41, 5.74) is 2.37. The molecule has 4 nitrogen and oxygen atoms in total. The lowest BCUT2D eigenvalue weighted by molar-refractivity contribution is 0.0631. The number of piperidine rings is 1. The number of likely N-dealkylation sites (tertiary alicyclic amines) is 1. The number of nitrogens with zero attached hydrogens (tertiary/aromatic N) is 1. The third kappa shape index (κ3) is 2.68. The molecule has 1 aromatic carbocycles. The molecular weight excluding hydrogens is 278 g/mol. The Morgan fingerprint density at radius 3 is 2.73 bits per heavy atom. The van der Waals surface area contributed by atoms with Crippen molar-refractivity contribution in [3.63, 3.8) is 0 Å². The first-order valence-electron chi connectivity index (χ1n) is 8.17. The summed E-state index contributed by atoms with van der Waals surface area (Å²) in [5.74, 6) is 1.01. The second kappa shape index (κ2) is 6.21. The largest absolute Gasteiger partial charge is 0.396 e. The second-order valence-corrected chi connectivity index (χ2v) is 6.54. The molecule has 3 rings (SSSR count). The van der Waals surface area contributed by atoms with Crippen LogP contribution in [0.2, 0.25) is 0 Å². The van der Waals surface area contributed by atoms with Gasteiger partial charge in [-0.2, -0.15) is 0 Å². The Labute approximate surface area is 131 Å². The fourth-order valence-corrected chi connectivity index (χ4v) is 3.68. The quantitative estimate of drug-likeness (QED) is 0.932. The summed E-state index contributed by atoms with van der Waals surface area (Å²) < 4.78 is 0. The molecule has 1 aliphatic carbocycles. The topological polar surface area (TPSA) is 57.6 Å². The van der Waals surface area contributed by atoms with Crippen LogP contribution in [0.5, 0.6) is 0 Å². The van der Waals surface area contributed by atoms with Crippen LogP contribution in [0.1, 0.15) is 52.5 Å². The highest BCUT2D eigenvalue weighted by atomic mass is 16.3. The lowest BCUT2D eigenvalue weighted by atomic mass is 9.85. The molecule has 1 saturated heterocycles. The van der Waals surface area contributed by atoms with Crippen LogP contribution < -0.4 is 0 Å². The summed E-state index contributed by atoms with van der Waals surface area (Å²) in [6.45, 7) is 3.77. The minimum absolute atomic E-state index is 0.0571. The summed E-state index contributed by atoms with van der Waals surface area (Å²) in [5, 5.41) is 9.26. The number of ketones is 1. The molecule has 0 unspecified atom stereocenters. The minimum atomic E-state index is 0.0571. The van der Waals surface area contributed by atoms with Gasteiger partial charge in [-0.25, -0.2) is 0 Å². The normalized spacial score (nSPS) is 20.1. The molecule has 4 heteroatoms. The third-order valence-corrected chi connectivity index (χ3v) is 5.23. The van der Waals surface area contributed by atoms with Gasteiger partial charge in [-0.3, -0.25) is 9.59 Å². The van der Waals surface area contributed by atoms with Crippen molar-refractivity contribution in [2.24, 2.45) is 11.8 Å². The van der Waals surface area contributed by atoms with Crippen LogP contribution in [0.15, 0.2) is 18.2 Å². The zero-order chi connectivity index (χ0) is 15.7. The van der Waals surface area contributed by atoms with E-state index in [0.29, 0.717) is 30.2 Å². The van der Waals surface area contributed by atoms with Crippen LogP contribution in [-0.4, -0.2) is 41.4 Å². The first kappa shape index (κ1) is 15.2. The molecule has 2 aliphatic rings. The van der Waals surface area contributed by atoms with Gasteiger partial charge in [-0.15, -0.1) is 0 Å². The third-order valence-electron chi connectivity index (χ3n) is 5.23. The number of Topliss-reactive ketones (excluding diaryl/α,β-unsaturated/α-hetero) is 1.